The van der Waals surface area contributed by atoms with E-state index in [0.717, 1.165) is 65.8 Å². The first-order valence-corrected chi connectivity index (χ1v) is 10.5. The summed E-state index contributed by atoms with van der Waals surface area (Å²) in [5, 5.41) is 13.1. The molecule has 2 aromatic rings. The lowest BCUT2D eigenvalue weighted by Gasteiger charge is -2.46. The minimum atomic E-state index is -0.0957. The Hall–Kier alpha value is -2.33. The second-order valence-electron chi connectivity index (χ2n) is 8.23. The van der Waals surface area contributed by atoms with E-state index in [4.69, 9.17) is 0 Å². The number of piperidine rings is 1. The zero-order valence-electron chi connectivity index (χ0n) is 17.4. The molecular weight excluding hydrogens is 348 g/mol. The van der Waals surface area contributed by atoms with Crippen molar-refractivity contribution in [3.8, 4) is 5.75 Å². The molecule has 0 spiro atoms. The van der Waals surface area contributed by atoms with E-state index in [0.29, 0.717) is 5.75 Å². The number of para-hydroxylation sites is 1. The highest BCUT2D eigenvalue weighted by molar-refractivity contribution is 5.95. The Morgan fingerprint density at radius 2 is 1.71 bits per heavy atom. The van der Waals surface area contributed by atoms with Crippen molar-refractivity contribution in [1.29, 1.82) is 0 Å². The number of carbonyl (C=O) groups excluding carboxylic acids is 1. The Bertz CT molecular complexity index is 805. The van der Waals surface area contributed by atoms with Gasteiger partial charge in [-0.05, 0) is 56.4 Å². The average Bonchev–Trinajstić information content (AvgIpc) is 2.66. The molecule has 28 heavy (non-hydrogen) atoms. The van der Waals surface area contributed by atoms with E-state index >= 15 is 0 Å². The fourth-order valence-corrected chi connectivity index (χ4v) is 4.78. The second-order valence-corrected chi connectivity index (χ2v) is 8.23. The fraction of sp³-hybridized carbons (Fsp3) is 0.458. The minimum Gasteiger partial charge on any atom is -0.508 e. The number of nitrogens with zero attached hydrogens (tertiary/aromatic N) is 1. The van der Waals surface area contributed by atoms with Gasteiger partial charge in [-0.3, -0.25) is 4.79 Å². The standard InChI is InChI=1S/C24H32N2O2/c1-4-22(24(28)25-23-18(2)10-8-11-19(23)3)26(14-6-5-7-15-26)17-20-12-9-13-21(27)16-20/h8-13,16,22H,4-7,14-15,17H2,1-3H3,(H-,25,27,28)/p+1. The number of amides is 1. The number of aryl methyl sites for hydroxylation is 2. The third-order valence-corrected chi connectivity index (χ3v) is 6.19. The molecule has 2 aromatic carbocycles. The van der Waals surface area contributed by atoms with Crippen LogP contribution in [0.5, 0.6) is 5.75 Å². The van der Waals surface area contributed by atoms with Crippen molar-refractivity contribution in [3.05, 3.63) is 59.2 Å². The summed E-state index contributed by atoms with van der Waals surface area (Å²) in [6.45, 7) is 9.00. The van der Waals surface area contributed by atoms with Gasteiger partial charge in [0.15, 0.2) is 6.04 Å². The molecule has 4 nitrogen and oxygen atoms in total. The van der Waals surface area contributed by atoms with Gasteiger partial charge in [0.2, 0.25) is 0 Å². The molecule has 0 bridgehead atoms. The Balaban J connectivity index is 1.89. The van der Waals surface area contributed by atoms with Crippen LogP contribution in [0.15, 0.2) is 42.5 Å². The van der Waals surface area contributed by atoms with Gasteiger partial charge in [0, 0.05) is 17.7 Å². The third kappa shape index (κ3) is 4.39. The molecule has 1 aliphatic heterocycles. The lowest BCUT2D eigenvalue weighted by molar-refractivity contribution is -0.959. The Kier molecular flexibility index (Phi) is 6.40. The van der Waals surface area contributed by atoms with E-state index < -0.39 is 0 Å². The monoisotopic (exact) mass is 381 g/mol. The van der Waals surface area contributed by atoms with Crippen molar-refractivity contribution < 1.29 is 14.4 Å². The number of phenols is 1. The van der Waals surface area contributed by atoms with Crippen LogP contribution in [0, 0.1) is 13.8 Å². The first-order valence-electron chi connectivity index (χ1n) is 10.5. The smallest absolute Gasteiger partial charge is 0.282 e. The van der Waals surface area contributed by atoms with E-state index in [1.165, 1.54) is 6.42 Å². The topological polar surface area (TPSA) is 49.3 Å². The number of likely N-dealkylation sites (tertiary alicyclic amines) is 1. The maximum absolute atomic E-state index is 13.4. The predicted octanol–water partition coefficient (Wildman–Crippen LogP) is 4.93. The van der Waals surface area contributed by atoms with E-state index in [1.54, 1.807) is 6.07 Å². The van der Waals surface area contributed by atoms with Crippen LogP contribution in [0.2, 0.25) is 0 Å². The fourth-order valence-electron chi connectivity index (χ4n) is 4.78. The largest absolute Gasteiger partial charge is 0.508 e. The number of quaternary nitrogens is 1. The number of nitrogens with one attached hydrogen (secondary N) is 1. The molecule has 3 rings (SSSR count). The number of aromatic hydroxyl groups is 1. The Morgan fingerprint density at radius 1 is 1.07 bits per heavy atom. The van der Waals surface area contributed by atoms with Crippen molar-refractivity contribution in [3.63, 3.8) is 0 Å². The molecule has 1 unspecified atom stereocenters. The van der Waals surface area contributed by atoms with Crippen LogP contribution in [-0.2, 0) is 11.3 Å². The quantitative estimate of drug-likeness (QED) is 0.697. The van der Waals surface area contributed by atoms with Gasteiger partial charge in [-0.1, -0.05) is 37.3 Å². The first-order chi connectivity index (χ1) is 13.4. The highest BCUT2D eigenvalue weighted by atomic mass is 16.3. The van der Waals surface area contributed by atoms with Gasteiger partial charge in [-0.25, -0.2) is 0 Å². The average molecular weight is 382 g/mol. The van der Waals surface area contributed by atoms with E-state index in [-0.39, 0.29) is 11.9 Å². The van der Waals surface area contributed by atoms with Crippen molar-refractivity contribution in [2.75, 3.05) is 18.4 Å². The van der Waals surface area contributed by atoms with Crippen LogP contribution < -0.4 is 5.32 Å². The van der Waals surface area contributed by atoms with Gasteiger partial charge in [-0.15, -0.1) is 0 Å². The van der Waals surface area contributed by atoms with Crippen LogP contribution in [0.3, 0.4) is 0 Å². The Morgan fingerprint density at radius 3 is 2.32 bits per heavy atom. The molecule has 1 amide bonds. The van der Waals surface area contributed by atoms with E-state index in [2.05, 4.69) is 18.3 Å². The highest BCUT2D eigenvalue weighted by Gasteiger charge is 2.42. The molecule has 1 fully saturated rings. The molecular formula is C24H33N2O2+. The molecule has 0 radical (unpaired) electrons. The second kappa shape index (κ2) is 8.78. The van der Waals surface area contributed by atoms with Gasteiger partial charge >= 0.3 is 0 Å². The predicted molar refractivity (Wildman–Crippen MR) is 114 cm³/mol. The van der Waals surface area contributed by atoms with Crippen molar-refractivity contribution in [2.24, 2.45) is 0 Å². The molecule has 150 valence electrons. The maximum atomic E-state index is 13.4. The molecule has 1 aliphatic rings. The molecule has 1 atom stereocenters. The summed E-state index contributed by atoms with van der Waals surface area (Å²) in [6, 6.07) is 13.5. The van der Waals surface area contributed by atoms with Crippen LogP contribution >= 0.6 is 0 Å². The van der Waals surface area contributed by atoms with Crippen LogP contribution in [0.1, 0.15) is 49.3 Å². The van der Waals surface area contributed by atoms with Crippen LogP contribution in [0.25, 0.3) is 0 Å². The van der Waals surface area contributed by atoms with Gasteiger partial charge in [0.1, 0.15) is 12.3 Å². The molecule has 0 saturated carbocycles. The summed E-state index contributed by atoms with van der Waals surface area (Å²) in [5.41, 5.74) is 4.24. The summed E-state index contributed by atoms with van der Waals surface area (Å²) in [5.74, 6) is 0.405. The summed E-state index contributed by atoms with van der Waals surface area (Å²) < 4.78 is 0.775. The SMILES string of the molecule is CCC(C(=O)Nc1c(C)cccc1C)[N+]1(Cc2cccc(O)c2)CCCCC1. The molecule has 0 aliphatic carbocycles. The van der Waals surface area contributed by atoms with Crippen molar-refractivity contribution in [2.45, 2.75) is 59.0 Å². The number of hydrogen-bond acceptors (Lipinski definition) is 2. The third-order valence-electron chi connectivity index (χ3n) is 6.19. The molecule has 2 N–H and O–H groups in total. The van der Waals surface area contributed by atoms with E-state index in [9.17, 15) is 9.90 Å². The molecule has 4 heteroatoms. The first kappa shape index (κ1) is 20.4. The zero-order chi connectivity index (χ0) is 20.1. The number of anilines is 1. The zero-order valence-corrected chi connectivity index (χ0v) is 17.4. The van der Waals surface area contributed by atoms with Gasteiger partial charge in [0.25, 0.3) is 5.91 Å². The summed E-state index contributed by atoms with van der Waals surface area (Å²) in [7, 11) is 0. The summed E-state index contributed by atoms with van der Waals surface area (Å²) in [6.07, 6.45) is 4.32. The number of phenolic OH excluding ortho intramolecular Hbond substituents is 1. The van der Waals surface area contributed by atoms with Crippen LogP contribution in [-0.4, -0.2) is 34.6 Å². The summed E-state index contributed by atoms with van der Waals surface area (Å²) >= 11 is 0. The van der Waals surface area contributed by atoms with E-state index in [1.807, 2.05) is 44.2 Å². The number of hydrogen-bond donors (Lipinski definition) is 2. The number of carbonyl (C=O) groups is 1. The van der Waals surface area contributed by atoms with Gasteiger partial charge < -0.3 is 14.9 Å². The van der Waals surface area contributed by atoms with Gasteiger partial charge in [0.05, 0.1) is 13.1 Å². The van der Waals surface area contributed by atoms with Crippen molar-refractivity contribution in [1.82, 2.24) is 0 Å². The number of rotatable bonds is 6. The lowest BCUT2D eigenvalue weighted by atomic mass is 9.98. The van der Waals surface area contributed by atoms with Crippen LogP contribution in [0.4, 0.5) is 5.69 Å². The van der Waals surface area contributed by atoms with Gasteiger partial charge in [-0.2, -0.15) is 0 Å². The normalized spacial score (nSPS) is 17.1. The molecule has 0 aromatic heterocycles. The Labute approximate surface area is 168 Å². The lowest BCUT2D eigenvalue weighted by Crippen LogP contribution is -2.61. The van der Waals surface area contributed by atoms with Crippen molar-refractivity contribution >= 4 is 11.6 Å². The maximum Gasteiger partial charge on any atom is 0.282 e. The molecule has 1 heterocycles. The summed E-state index contributed by atoms with van der Waals surface area (Å²) in [4.78, 5) is 13.4. The highest BCUT2D eigenvalue weighted by Crippen LogP contribution is 2.30. The number of benzene rings is 2. The molecule has 1 saturated heterocycles. The minimum absolute atomic E-state index is 0.0957.